The van der Waals surface area contributed by atoms with E-state index >= 15 is 0 Å². The molecule has 1 saturated heterocycles. The third kappa shape index (κ3) is 7.43. The summed E-state index contributed by atoms with van der Waals surface area (Å²) in [6.45, 7) is 17.5. The summed E-state index contributed by atoms with van der Waals surface area (Å²) in [5, 5.41) is 10.5. The Balaban J connectivity index is 1.57. The highest BCUT2D eigenvalue weighted by atomic mass is 16.3. The van der Waals surface area contributed by atoms with Gasteiger partial charge in [-0.15, -0.1) is 6.58 Å². The molecule has 0 aromatic carbocycles. The fourth-order valence-electron chi connectivity index (χ4n) is 6.31. The molecular weight excluding hydrogens is 430 g/mol. The van der Waals surface area contributed by atoms with Gasteiger partial charge >= 0.3 is 0 Å². The van der Waals surface area contributed by atoms with Crippen molar-refractivity contribution in [2.45, 2.75) is 90.6 Å². The fourth-order valence-corrected chi connectivity index (χ4v) is 6.31. The number of rotatable bonds is 13. The van der Waals surface area contributed by atoms with Gasteiger partial charge in [-0.3, -0.25) is 4.79 Å². The second-order valence-electron chi connectivity index (χ2n) is 11.4. The van der Waals surface area contributed by atoms with E-state index in [9.17, 15) is 9.90 Å². The lowest BCUT2D eigenvalue weighted by Crippen LogP contribution is -2.21. The molecule has 3 aliphatic rings. The highest BCUT2D eigenvalue weighted by Crippen LogP contribution is 2.39. The second-order valence-corrected chi connectivity index (χ2v) is 11.4. The minimum atomic E-state index is -0.231. The van der Waals surface area contributed by atoms with E-state index in [0.29, 0.717) is 5.92 Å². The molecule has 3 heteroatoms. The molecule has 0 aromatic heterocycles. The normalized spacial score (nSPS) is 31.1. The monoisotopic (exact) mass is 477 g/mol. The average molecular weight is 478 g/mol. The Hall–Kier alpha value is -2.13. The number of hydrogen-bond acceptors (Lipinski definition) is 2. The van der Waals surface area contributed by atoms with Crippen LogP contribution in [0.4, 0.5) is 0 Å². The smallest absolute Gasteiger partial charge is 0.229 e. The van der Waals surface area contributed by atoms with E-state index in [1.807, 2.05) is 6.08 Å². The topological polar surface area (TPSA) is 40.5 Å². The molecule has 35 heavy (non-hydrogen) atoms. The minimum Gasteiger partial charge on any atom is -0.392 e. The first-order valence-electron chi connectivity index (χ1n) is 13.7. The molecule has 5 atom stereocenters. The molecule has 3 unspecified atom stereocenters. The number of nitrogens with zero attached hydrogens (tertiary/aromatic N) is 1. The summed E-state index contributed by atoms with van der Waals surface area (Å²) < 4.78 is 0. The Morgan fingerprint density at radius 1 is 1.23 bits per heavy atom. The minimum absolute atomic E-state index is 0.0296. The number of unbranched alkanes of at least 4 members (excludes halogenated alkanes) is 1. The lowest BCUT2D eigenvalue weighted by atomic mass is 9.76. The molecule has 3 nitrogen and oxygen atoms in total. The standard InChI is InChI=1S/C32H47NO2/c1-6-26-17-18-27(30(26)34)16-10-13-25(4)29(23-32(5)20-11-12-24(3)22-32)15-9-8-14-28-19-21-33(7-2)31(28)35/h6-7,11,15,20,22,26-28,30,34H,1-2,4,8-10,12-14,16-19,21,23H2,3,5H3/b29-15+/t26?,27-,28?,30?,32-/m1/s1. The van der Waals surface area contributed by atoms with Gasteiger partial charge in [-0.1, -0.05) is 61.6 Å². The maximum atomic E-state index is 12.4. The van der Waals surface area contributed by atoms with E-state index in [2.05, 4.69) is 57.9 Å². The van der Waals surface area contributed by atoms with Gasteiger partial charge in [0, 0.05) is 23.8 Å². The number of amides is 1. The van der Waals surface area contributed by atoms with Crippen molar-refractivity contribution in [3.8, 4) is 0 Å². The summed E-state index contributed by atoms with van der Waals surface area (Å²) in [4.78, 5) is 14.1. The highest BCUT2D eigenvalue weighted by Gasteiger charge is 2.32. The summed E-state index contributed by atoms with van der Waals surface area (Å²) in [7, 11) is 0. The Morgan fingerprint density at radius 3 is 2.69 bits per heavy atom. The zero-order chi connectivity index (χ0) is 25.4. The quantitative estimate of drug-likeness (QED) is 0.168. The zero-order valence-corrected chi connectivity index (χ0v) is 22.2. The van der Waals surface area contributed by atoms with Crippen LogP contribution in [-0.4, -0.2) is 28.6 Å². The van der Waals surface area contributed by atoms with Crippen molar-refractivity contribution in [2.24, 2.45) is 23.2 Å². The Bertz CT molecular complexity index is 878. The Labute approximate surface area is 214 Å². The van der Waals surface area contributed by atoms with Gasteiger partial charge in [0.05, 0.1) is 6.10 Å². The molecule has 0 radical (unpaired) electrons. The number of allylic oxidation sites excluding steroid dienone is 7. The molecule has 2 aliphatic carbocycles. The van der Waals surface area contributed by atoms with Gasteiger partial charge in [0.25, 0.3) is 0 Å². The molecule has 1 heterocycles. The second kappa shape index (κ2) is 12.7. The molecule has 1 amide bonds. The Morgan fingerprint density at radius 2 is 2.03 bits per heavy atom. The number of aliphatic hydroxyl groups is 1. The first-order chi connectivity index (χ1) is 16.8. The van der Waals surface area contributed by atoms with Gasteiger partial charge < -0.3 is 10.0 Å². The first-order valence-corrected chi connectivity index (χ1v) is 13.7. The summed E-state index contributed by atoms with van der Waals surface area (Å²) >= 11 is 0. The molecule has 192 valence electrons. The predicted molar refractivity (Wildman–Crippen MR) is 148 cm³/mol. The van der Waals surface area contributed by atoms with E-state index in [4.69, 9.17) is 0 Å². The van der Waals surface area contributed by atoms with Crippen LogP contribution >= 0.6 is 0 Å². The summed E-state index contributed by atoms with van der Waals surface area (Å²) in [5.41, 5.74) is 4.06. The lowest BCUT2D eigenvalue weighted by Gasteiger charge is -2.28. The molecule has 0 spiro atoms. The molecule has 1 aliphatic heterocycles. The Kier molecular flexibility index (Phi) is 9.98. The van der Waals surface area contributed by atoms with E-state index in [0.717, 1.165) is 77.2 Å². The number of aliphatic hydroxyl groups excluding tert-OH is 1. The lowest BCUT2D eigenvalue weighted by molar-refractivity contribution is -0.128. The van der Waals surface area contributed by atoms with Gasteiger partial charge in [0.2, 0.25) is 5.91 Å². The van der Waals surface area contributed by atoms with Crippen molar-refractivity contribution in [2.75, 3.05) is 6.54 Å². The van der Waals surface area contributed by atoms with E-state index in [-0.39, 0.29) is 29.3 Å². The molecule has 0 bridgehead atoms. The molecular formula is C32H47NO2. The fraction of sp³-hybridized carbons (Fsp3) is 0.594. The number of carbonyl (C=O) groups is 1. The average Bonchev–Trinajstić information content (AvgIpc) is 3.36. The molecule has 3 rings (SSSR count). The molecule has 0 aromatic rings. The number of carbonyl (C=O) groups excluding carboxylic acids is 1. The van der Waals surface area contributed by atoms with Crippen LogP contribution in [0.5, 0.6) is 0 Å². The van der Waals surface area contributed by atoms with Crippen molar-refractivity contribution in [3.05, 3.63) is 73.0 Å². The third-order valence-corrected chi connectivity index (χ3v) is 8.41. The van der Waals surface area contributed by atoms with Gasteiger partial charge in [-0.05, 0) is 95.2 Å². The number of likely N-dealkylation sites (tertiary alicyclic amines) is 1. The van der Waals surface area contributed by atoms with Crippen LogP contribution in [-0.2, 0) is 4.79 Å². The zero-order valence-electron chi connectivity index (χ0n) is 22.2. The van der Waals surface area contributed by atoms with Crippen molar-refractivity contribution >= 4 is 5.91 Å². The molecule has 2 fully saturated rings. The summed E-state index contributed by atoms with van der Waals surface area (Å²) in [6, 6.07) is 0. The van der Waals surface area contributed by atoms with Crippen LogP contribution in [0.1, 0.15) is 84.5 Å². The van der Waals surface area contributed by atoms with Crippen LogP contribution in [0, 0.1) is 23.2 Å². The van der Waals surface area contributed by atoms with E-state index < -0.39 is 0 Å². The van der Waals surface area contributed by atoms with Crippen molar-refractivity contribution < 1.29 is 9.90 Å². The van der Waals surface area contributed by atoms with Gasteiger partial charge in [-0.25, -0.2) is 0 Å². The van der Waals surface area contributed by atoms with Crippen LogP contribution in [0.2, 0.25) is 0 Å². The van der Waals surface area contributed by atoms with Crippen molar-refractivity contribution in [1.82, 2.24) is 4.90 Å². The van der Waals surface area contributed by atoms with E-state index in [1.165, 1.54) is 16.7 Å². The van der Waals surface area contributed by atoms with Gasteiger partial charge in [0.15, 0.2) is 0 Å². The van der Waals surface area contributed by atoms with Crippen LogP contribution in [0.3, 0.4) is 0 Å². The maximum Gasteiger partial charge on any atom is 0.229 e. The van der Waals surface area contributed by atoms with Crippen LogP contribution in [0.15, 0.2) is 73.0 Å². The van der Waals surface area contributed by atoms with E-state index in [1.54, 1.807) is 11.1 Å². The third-order valence-electron chi connectivity index (χ3n) is 8.41. The molecule has 1 N–H and O–H groups in total. The van der Waals surface area contributed by atoms with Gasteiger partial charge in [0.1, 0.15) is 0 Å². The summed E-state index contributed by atoms with van der Waals surface area (Å²) in [5.74, 6) is 1.04. The number of hydrogen-bond donors (Lipinski definition) is 1. The molecule has 1 saturated carbocycles. The highest BCUT2D eigenvalue weighted by molar-refractivity contribution is 5.81. The van der Waals surface area contributed by atoms with Crippen molar-refractivity contribution in [1.29, 1.82) is 0 Å². The van der Waals surface area contributed by atoms with Crippen molar-refractivity contribution in [3.63, 3.8) is 0 Å². The van der Waals surface area contributed by atoms with Crippen LogP contribution in [0.25, 0.3) is 0 Å². The largest absolute Gasteiger partial charge is 0.392 e. The SMILES string of the molecule is C=CC1CC[C@@H](CCCC(=C)/C(=C/CCCC2CCN(C=C)C2=O)C[C@]2(C)C=CCC(C)=C2)C1O. The van der Waals surface area contributed by atoms with Crippen LogP contribution < -0.4 is 0 Å². The predicted octanol–water partition coefficient (Wildman–Crippen LogP) is 7.68. The maximum absolute atomic E-state index is 12.4. The summed E-state index contributed by atoms with van der Waals surface area (Å²) in [6.07, 6.45) is 24.0. The van der Waals surface area contributed by atoms with Gasteiger partial charge in [-0.2, -0.15) is 0 Å². The first kappa shape index (κ1) is 27.5.